The van der Waals surface area contributed by atoms with Crippen molar-refractivity contribution < 1.29 is 12.8 Å². The number of hydrogen-bond donors (Lipinski definition) is 1. The molecule has 0 saturated carbocycles. The van der Waals surface area contributed by atoms with Crippen molar-refractivity contribution in [3.8, 4) is 28.5 Å². The summed E-state index contributed by atoms with van der Waals surface area (Å²) < 4.78 is 35.8. The van der Waals surface area contributed by atoms with Gasteiger partial charge in [-0.05, 0) is 43.3 Å². The normalized spacial score (nSPS) is 11.5. The van der Waals surface area contributed by atoms with Crippen molar-refractivity contribution in [1.29, 1.82) is 0 Å². The van der Waals surface area contributed by atoms with Gasteiger partial charge in [-0.2, -0.15) is 8.42 Å². The fraction of sp³-hybridized carbons (Fsp3) is 0.0455. The first-order valence-corrected chi connectivity index (χ1v) is 11.8. The Hall–Kier alpha value is -4.09. The Bertz CT molecular complexity index is 1570. The van der Waals surface area contributed by atoms with Crippen LogP contribution in [-0.2, 0) is 10.0 Å². The van der Waals surface area contributed by atoms with Crippen LogP contribution in [0, 0.1) is 6.92 Å². The number of sulfonamides is 1. The van der Waals surface area contributed by atoms with Crippen LogP contribution in [0.1, 0.15) is 5.56 Å². The number of aromatic nitrogens is 6. The number of anilines is 1. The van der Waals surface area contributed by atoms with Crippen molar-refractivity contribution in [3.63, 3.8) is 0 Å². The van der Waals surface area contributed by atoms with E-state index in [4.69, 9.17) is 16.0 Å². The summed E-state index contributed by atoms with van der Waals surface area (Å²) >= 11 is 6.39. The minimum Gasteiger partial charge on any atom is -0.403 e. The fourth-order valence-electron chi connectivity index (χ4n) is 3.22. The van der Waals surface area contributed by atoms with Gasteiger partial charge < -0.3 is 4.42 Å². The van der Waals surface area contributed by atoms with Crippen molar-refractivity contribution in [2.75, 3.05) is 4.72 Å². The molecule has 10 nitrogen and oxygen atoms in total. The lowest BCUT2D eigenvalue weighted by Crippen LogP contribution is -2.18. The van der Waals surface area contributed by atoms with E-state index in [1.54, 1.807) is 60.9 Å². The fourth-order valence-corrected chi connectivity index (χ4v) is 4.42. The Kier molecular flexibility index (Phi) is 5.56. The molecule has 3 heterocycles. The topological polar surface area (TPSA) is 129 Å². The Morgan fingerprint density at radius 3 is 2.35 bits per heavy atom. The number of nitrogens with one attached hydrogen (secondary N) is 1. The van der Waals surface area contributed by atoms with Gasteiger partial charge in [0, 0.05) is 23.5 Å². The van der Waals surface area contributed by atoms with E-state index >= 15 is 0 Å². The number of benzene rings is 2. The summed E-state index contributed by atoms with van der Waals surface area (Å²) in [4.78, 5) is 3.99. The molecule has 0 radical (unpaired) electrons. The van der Waals surface area contributed by atoms with Crippen LogP contribution in [0.2, 0.25) is 5.02 Å². The van der Waals surface area contributed by atoms with Gasteiger partial charge in [-0.1, -0.05) is 46.5 Å². The van der Waals surface area contributed by atoms with Gasteiger partial charge in [-0.3, -0.25) is 9.55 Å². The molecular formula is C22H16ClN7O3S. The van der Waals surface area contributed by atoms with E-state index in [1.807, 2.05) is 19.1 Å². The predicted molar refractivity (Wildman–Crippen MR) is 125 cm³/mol. The zero-order valence-electron chi connectivity index (χ0n) is 17.6. The van der Waals surface area contributed by atoms with Gasteiger partial charge in [0.25, 0.3) is 5.16 Å². The van der Waals surface area contributed by atoms with Gasteiger partial charge in [-0.15, -0.1) is 15.3 Å². The molecule has 3 aromatic heterocycles. The number of rotatable bonds is 6. The molecule has 0 atom stereocenters. The Labute approximate surface area is 199 Å². The third kappa shape index (κ3) is 4.14. The molecule has 0 aliphatic carbocycles. The molecular weight excluding hydrogens is 478 g/mol. The molecule has 1 N–H and O–H groups in total. The van der Waals surface area contributed by atoms with E-state index in [1.165, 1.54) is 4.57 Å². The van der Waals surface area contributed by atoms with Gasteiger partial charge in [0.1, 0.15) is 0 Å². The number of aryl methyl sites for hydroxylation is 1. The van der Waals surface area contributed by atoms with Crippen LogP contribution < -0.4 is 4.72 Å². The molecule has 0 saturated heterocycles. The highest BCUT2D eigenvalue weighted by Gasteiger charge is 2.29. The lowest BCUT2D eigenvalue weighted by atomic mass is 10.1. The van der Waals surface area contributed by atoms with Crippen LogP contribution in [0.25, 0.3) is 28.5 Å². The molecule has 170 valence electrons. The van der Waals surface area contributed by atoms with E-state index in [0.29, 0.717) is 21.8 Å². The average Bonchev–Trinajstić information content (AvgIpc) is 3.48. The molecule has 0 bridgehead atoms. The lowest BCUT2D eigenvalue weighted by Gasteiger charge is -2.12. The summed E-state index contributed by atoms with van der Waals surface area (Å²) in [6.45, 7) is 1.95. The summed E-state index contributed by atoms with van der Waals surface area (Å²) in [6.07, 6.45) is 3.14. The Balaban J connectivity index is 1.56. The second kappa shape index (κ2) is 8.69. The van der Waals surface area contributed by atoms with E-state index in [-0.39, 0.29) is 17.7 Å². The molecule has 2 aromatic carbocycles. The van der Waals surface area contributed by atoms with Crippen LogP contribution in [-0.4, -0.2) is 38.4 Å². The maximum absolute atomic E-state index is 13.3. The summed E-state index contributed by atoms with van der Waals surface area (Å²) in [7, 11) is -4.30. The maximum Gasteiger partial charge on any atom is 0.330 e. The van der Waals surface area contributed by atoms with Crippen LogP contribution >= 0.6 is 11.6 Å². The van der Waals surface area contributed by atoms with Crippen LogP contribution in [0.4, 0.5) is 6.01 Å². The Morgan fingerprint density at radius 2 is 1.62 bits per heavy atom. The third-order valence-electron chi connectivity index (χ3n) is 4.85. The molecule has 0 spiro atoms. The molecule has 0 fully saturated rings. The molecule has 12 heteroatoms. The SMILES string of the molecule is Cc1ccc(-c2nnc(NS(=O)(=O)c3nnc(-c4ccncc4)n3-c3ccccc3Cl)o2)cc1. The summed E-state index contributed by atoms with van der Waals surface area (Å²) in [5, 5.41) is 15.7. The minimum atomic E-state index is -4.30. The second-order valence-electron chi connectivity index (χ2n) is 7.21. The average molecular weight is 494 g/mol. The molecule has 0 aliphatic rings. The van der Waals surface area contributed by atoms with Gasteiger partial charge in [-0.25, -0.2) is 4.72 Å². The number of hydrogen-bond acceptors (Lipinski definition) is 8. The molecule has 0 aliphatic heterocycles. The van der Waals surface area contributed by atoms with E-state index in [2.05, 4.69) is 30.1 Å². The Morgan fingerprint density at radius 1 is 0.882 bits per heavy atom. The van der Waals surface area contributed by atoms with E-state index < -0.39 is 15.2 Å². The highest BCUT2D eigenvalue weighted by molar-refractivity contribution is 7.92. The van der Waals surface area contributed by atoms with Crippen LogP contribution in [0.3, 0.4) is 0 Å². The van der Waals surface area contributed by atoms with Crippen molar-refractivity contribution in [2.45, 2.75) is 12.1 Å². The molecule has 0 unspecified atom stereocenters. The first-order chi connectivity index (χ1) is 16.4. The van der Waals surface area contributed by atoms with Crippen molar-refractivity contribution in [2.24, 2.45) is 0 Å². The molecule has 0 amide bonds. The smallest absolute Gasteiger partial charge is 0.330 e. The van der Waals surface area contributed by atoms with Crippen molar-refractivity contribution in [1.82, 2.24) is 29.9 Å². The first kappa shape index (κ1) is 21.7. The number of pyridine rings is 1. The lowest BCUT2D eigenvalue weighted by molar-refractivity contribution is 0.571. The molecule has 5 aromatic rings. The second-order valence-corrected chi connectivity index (χ2v) is 9.20. The van der Waals surface area contributed by atoms with Crippen molar-refractivity contribution in [3.05, 3.63) is 83.6 Å². The van der Waals surface area contributed by atoms with Crippen molar-refractivity contribution >= 4 is 27.6 Å². The van der Waals surface area contributed by atoms with Gasteiger partial charge in [0.2, 0.25) is 5.89 Å². The standard InChI is InChI=1S/C22H16ClN7O3S/c1-14-6-8-16(9-7-14)20-26-27-21(33-20)29-34(31,32)22-28-25-19(15-10-12-24-13-11-15)30(22)18-5-3-2-4-17(18)23/h2-13H,1H3,(H,27,29). The quantitative estimate of drug-likeness (QED) is 0.373. The molecule has 5 rings (SSSR count). The summed E-state index contributed by atoms with van der Waals surface area (Å²) in [5.41, 5.74) is 2.70. The minimum absolute atomic E-state index is 0.169. The van der Waals surface area contributed by atoms with Crippen LogP contribution in [0.5, 0.6) is 0 Å². The predicted octanol–water partition coefficient (Wildman–Crippen LogP) is 4.14. The van der Waals surface area contributed by atoms with Gasteiger partial charge in [0.05, 0.1) is 10.7 Å². The third-order valence-corrected chi connectivity index (χ3v) is 6.36. The van der Waals surface area contributed by atoms with E-state index in [9.17, 15) is 8.42 Å². The summed E-state index contributed by atoms with van der Waals surface area (Å²) in [5.74, 6) is 0.435. The molecule has 34 heavy (non-hydrogen) atoms. The van der Waals surface area contributed by atoms with Gasteiger partial charge in [0.15, 0.2) is 5.82 Å². The highest BCUT2D eigenvalue weighted by atomic mass is 35.5. The highest BCUT2D eigenvalue weighted by Crippen LogP contribution is 2.30. The summed E-state index contributed by atoms with van der Waals surface area (Å²) in [6, 6.07) is 17.2. The number of nitrogens with zero attached hydrogens (tertiary/aromatic N) is 6. The largest absolute Gasteiger partial charge is 0.403 e. The zero-order valence-corrected chi connectivity index (χ0v) is 19.2. The number of para-hydroxylation sites is 1. The van der Waals surface area contributed by atoms with Gasteiger partial charge >= 0.3 is 16.0 Å². The maximum atomic E-state index is 13.3. The van der Waals surface area contributed by atoms with Crippen LogP contribution in [0.15, 0.2) is 82.6 Å². The van der Waals surface area contributed by atoms with E-state index in [0.717, 1.165) is 5.56 Å². The monoisotopic (exact) mass is 493 g/mol. The first-order valence-electron chi connectivity index (χ1n) is 9.96. The number of halogens is 1. The zero-order chi connectivity index (χ0) is 23.7.